The van der Waals surface area contributed by atoms with Crippen molar-refractivity contribution in [2.45, 2.75) is 51.6 Å². The molecule has 6 heteroatoms. The van der Waals surface area contributed by atoms with Crippen LogP contribution >= 0.6 is 0 Å². The van der Waals surface area contributed by atoms with Crippen LogP contribution < -0.4 is 5.32 Å². The molecule has 0 amide bonds. The van der Waals surface area contributed by atoms with E-state index in [4.69, 9.17) is 0 Å². The van der Waals surface area contributed by atoms with Gasteiger partial charge in [0.1, 0.15) is 0 Å². The maximum absolute atomic E-state index is 12.4. The van der Waals surface area contributed by atoms with Crippen molar-refractivity contribution < 1.29 is 8.42 Å². The number of H-pyrrole nitrogens is 1. The van der Waals surface area contributed by atoms with E-state index < -0.39 is 10.0 Å². The van der Waals surface area contributed by atoms with Crippen LogP contribution in [0, 0.1) is 5.92 Å². The number of nitrogens with zero attached hydrogens (tertiary/aromatic N) is 1. The molecule has 0 aliphatic carbocycles. The number of hydrogen-bond donors (Lipinski definition) is 2. The van der Waals surface area contributed by atoms with E-state index in [0.717, 1.165) is 12.1 Å². The fraction of sp³-hybridized carbons (Fsp3) is 0.714. The molecule has 1 aromatic heterocycles. The minimum atomic E-state index is -3.38. The minimum Gasteiger partial charge on any atom is -0.363 e. The normalized spacial score (nSPS) is 12.8. The summed E-state index contributed by atoms with van der Waals surface area (Å²) >= 11 is 0. The number of hydrogen-bond acceptors (Lipinski definition) is 3. The first-order chi connectivity index (χ1) is 9.23. The molecule has 0 radical (unpaired) electrons. The van der Waals surface area contributed by atoms with E-state index in [9.17, 15) is 8.42 Å². The molecule has 2 N–H and O–H groups in total. The largest absolute Gasteiger partial charge is 0.363 e. The molecule has 1 heterocycles. The van der Waals surface area contributed by atoms with Crippen molar-refractivity contribution in [1.82, 2.24) is 14.6 Å². The zero-order chi connectivity index (χ0) is 15.3. The predicted octanol–water partition coefficient (Wildman–Crippen LogP) is 2.18. The second-order valence-corrected chi connectivity index (χ2v) is 7.95. The maximum Gasteiger partial charge on any atom is 0.244 e. The third-order valence-electron chi connectivity index (χ3n) is 3.15. The fourth-order valence-electron chi connectivity index (χ4n) is 1.72. The van der Waals surface area contributed by atoms with Gasteiger partial charge in [-0.3, -0.25) is 0 Å². The molecular weight excluding hydrogens is 274 g/mol. The molecule has 0 atom stereocenters. The maximum atomic E-state index is 12.4. The van der Waals surface area contributed by atoms with Crippen molar-refractivity contribution in [2.24, 2.45) is 5.92 Å². The van der Waals surface area contributed by atoms with E-state index in [1.807, 2.05) is 0 Å². The van der Waals surface area contributed by atoms with Gasteiger partial charge in [-0.25, -0.2) is 12.7 Å². The molecule has 0 spiro atoms. The third kappa shape index (κ3) is 4.92. The van der Waals surface area contributed by atoms with Crippen molar-refractivity contribution in [3.8, 4) is 0 Å². The Bertz CT molecular complexity index is 506. The van der Waals surface area contributed by atoms with Gasteiger partial charge in [0.05, 0.1) is 4.90 Å². The number of rotatable bonds is 8. The van der Waals surface area contributed by atoms with Gasteiger partial charge in [0, 0.05) is 38.1 Å². The lowest BCUT2D eigenvalue weighted by molar-refractivity contribution is 0.428. The van der Waals surface area contributed by atoms with E-state index in [1.165, 1.54) is 4.31 Å². The standard InChI is InChI=1S/C14H27N3O2S/c1-11(2)6-7-17(5)20(18,19)14-8-13(16-10-14)9-15-12(3)4/h8,10-12,15-16H,6-7,9H2,1-5H3. The Labute approximate surface area is 122 Å². The highest BCUT2D eigenvalue weighted by molar-refractivity contribution is 7.89. The molecular formula is C14H27N3O2S. The van der Waals surface area contributed by atoms with Crippen molar-refractivity contribution in [1.29, 1.82) is 0 Å². The first-order valence-corrected chi connectivity index (χ1v) is 8.54. The second kappa shape index (κ2) is 7.24. The van der Waals surface area contributed by atoms with Crippen LogP contribution in [0.5, 0.6) is 0 Å². The van der Waals surface area contributed by atoms with Gasteiger partial charge in [-0.2, -0.15) is 0 Å². The lowest BCUT2D eigenvalue weighted by Gasteiger charge is -2.17. The van der Waals surface area contributed by atoms with Gasteiger partial charge in [0.2, 0.25) is 10.0 Å². The zero-order valence-electron chi connectivity index (χ0n) is 13.1. The SMILES string of the molecule is CC(C)CCN(C)S(=O)(=O)c1c[nH]c(CNC(C)C)c1. The van der Waals surface area contributed by atoms with Crippen molar-refractivity contribution in [2.75, 3.05) is 13.6 Å². The highest BCUT2D eigenvalue weighted by Crippen LogP contribution is 2.16. The van der Waals surface area contributed by atoms with Gasteiger partial charge in [0.25, 0.3) is 0 Å². The van der Waals surface area contributed by atoms with Gasteiger partial charge in [-0.05, 0) is 18.4 Å². The monoisotopic (exact) mass is 301 g/mol. The number of aromatic amines is 1. The highest BCUT2D eigenvalue weighted by Gasteiger charge is 2.22. The summed E-state index contributed by atoms with van der Waals surface area (Å²) in [7, 11) is -1.74. The molecule has 0 bridgehead atoms. The smallest absolute Gasteiger partial charge is 0.244 e. The molecule has 0 saturated heterocycles. The van der Waals surface area contributed by atoms with Crippen LogP contribution in [0.4, 0.5) is 0 Å². The molecule has 5 nitrogen and oxygen atoms in total. The molecule has 20 heavy (non-hydrogen) atoms. The van der Waals surface area contributed by atoms with Crippen molar-refractivity contribution >= 4 is 10.0 Å². The number of nitrogens with one attached hydrogen (secondary N) is 2. The molecule has 0 saturated carbocycles. The van der Waals surface area contributed by atoms with Gasteiger partial charge in [-0.15, -0.1) is 0 Å². The Hall–Kier alpha value is -0.850. The Morgan fingerprint density at radius 1 is 1.30 bits per heavy atom. The summed E-state index contributed by atoms with van der Waals surface area (Å²) in [5, 5.41) is 3.26. The second-order valence-electron chi connectivity index (χ2n) is 5.91. The topological polar surface area (TPSA) is 65.2 Å². The van der Waals surface area contributed by atoms with Crippen molar-refractivity contribution in [3.63, 3.8) is 0 Å². The molecule has 1 aromatic rings. The number of aromatic nitrogens is 1. The van der Waals surface area contributed by atoms with Crippen molar-refractivity contribution in [3.05, 3.63) is 18.0 Å². The Morgan fingerprint density at radius 2 is 1.95 bits per heavy atom. The predicted molar refractivity (Wildman–Crippen MR) is 82.0 cm³/mol. The fourth-order valence-corrected chi connectivity index (χ4v) is 2.93. The zero-order valence-corrected chi connectivity index (χ0v) is 13.9. The van der Waals surface area contributed by atoms with E-state index in [1.54, 1.807) is 19.3 Å². The van der Waals surface area contributed by atoms with Gasteiger partial charge < -0.3 is 10.3 Å². The number of sulfonamides is 1. The van der Waals surface area contributed by atoms with Crippen LogP contribution in [0.1, 0.15) is 39.8 Å². The first-order valence-electron chi connectivity index (χ1n) is 7.10. The molecule has 0 aromatic carbocycles. The molecule has 0 fully saturated rings. The van der Waals surface area contributed by atoms with Gasteiger partial charge in [-0.1, -0.05) is 27.7 Å². The summed E-state index contributed by atoms with van der Waals surface area (Å²) in [5.74, 6) is 0.490. The average molecular weight is 301 g/mol. The lowest BCUT2D eigenvalue weighted by Crippen LogP contribution is -2.28. The van der Waals surface area contributed by atoms with E-state index in [2.05, 4.69) is 38.0 Å². The molecule has 0 unspecified atom stereocenters. The summed E-state index contributed by atoms with van der Waals surface area (Å²) in [6, 6.07) is 2.07. The van der Waals surface area contributed by atoms with Crippen LogP contribution in [-0.2, 0) is 16.6 Å². The van der Waals surface area contributed by atoms with E-state index >= 15 is 0 Å². The Kier molecular flexibility index (Phi) is 6.23. The van der Waals surface area contributed by atoms with Gasteiger partial charge >= 0.3 is 0 Å². The summed E-state index contributed by atoms with van der Waals surface area (Å²) in [4.78, 5) is 3.36. The minimum absolute atomic E-state index is 0.337. The Balaban J connectivity index is 2.72. The summed E-state index contributed by atoms with van der Waals surface area (Å²) in [6.07, 6.45) is 2.43. The van der Waals surface area contributed by atoms with Crippen LogP contribution in [0.25, 0.3) is 0 Å². The molecule has 0 aliphatic rings. The lowest BCUT2D eigenvalue weighted by atomic mass is 10.1. The summed E-state index contributed by atoms with van der Waals surface area (Å²) < 4.78 is 26.2. The highest BCUT2D eigenvalue weighted by atomic mass is 32.2. The molecule has 1 rings (SSSR count). The van der Waals surface area contributed by atoms with Crippen LogP contribution in [0.3, 0.4) is 0 Å². The van der Waals surface area contributed by atoms with Gasteiger partial charge in [0.15, 0.2) is 0 Å². The first kappa shape index (κ1) is 17.2. The van der Waals surface area contributed by atoms with Crippen LogP contribution in [0.15, 0.2) is 17.2 Å². The van der Waals surface area contributed by atoms with E-state index in [0.29, 0.717) is 29.9 Å². The van der Waals surface area contributed by atoms with E-state index in [-0.39, 0.29) is 0 Å². The molecule has 116 valence electrons. The summed E-state index contributed by atoms with van der Waals surface area (Å²) in [6.45, 7) is 9.48. The molecule has 0 aliphatic heterocycles. The van der Waals surface area contributed by atoms with Crippen LogP contribution in [0.2, 0.25) is 0 Å². The average Bonchev–Trinajstić information content (AvgIpc) is 2.82. The Morgan fingerprint density at radius 3 is 2.50 bits per heavy atom. The quantitative estimate of drug-likeness (QED) is 0.773. The summed E-state index contributed by atoms with van der Waals surface area (Å²) in [5.41, 5.74) is 0.884. The van der Waals surface area contributed by atoms with Crippen LogP contribution in [-0.4, -0.2) is 37.3 Å². The third-order valence-corrected chi connectivity index (χ3v) is 4.98.